The van der Waals surface area contributed by atoms with Gasteiger partial charge in [-0.2, -0.15) is 0 Å². The van der Waals surface area contributed by atoms with Crippen LogP contribution in [0.15, 0.2) is 12.7 Å². The van der Waals surface area contributed by atoms with Gasteiger partial charge >= 0.3 is 0 Å². The molecule has 1 aliphatic carbocycles. The lowest BCUT2D eigenvalue weighted by molar-refractivity contribution is -0.122. The molecule has 2 atom stereocenters. The van der Waals surface area contributed by atoms with Crippen LogP contribution in [0.1, 0.15) is 174 Å². The van der Waals surface area contributed by atoms with Crippen LogP contribution in [0.2, 0.25) is 0 Å². The van der Waals surface area contributed by atoms with Crippen LogP contribution in [0.25, 0.3) is 0 Å². The number of hydrogen-bond acceptors (Lipinski definition) is 2. The average Bonchev–Trinajstić information content (AvgIpc) is 3.32. The minimum atomic E-state index is 0.181. The van der Waals surface area contributed by atoms with Crippen LogP contribution in [0.4, 0.5) is 0 Å². The molecule has 0 unspecified atom stereocenters. The van der Waals surface area contributed by atoms with E-state index < -0.39 is 0 Å². The summed E-state index contributed by atoms with van der Waals surface area (Å²) in [6.07, 6.45) is 33.2. The average molecular weight is 519 g/mol. The van der Waals surface area contributed by atoms with E-state index in [-0.39, 0.29) is 23.9 Å². The molecule has 4 heteroatoms. The van der Waals surface area contributed by atoms with Gasteiger partial charge in [0, 0.05) is 24.9 Å². The third kappa shape index (κ3) is 21.3. The molecule has 0 saturated heterocycles. The lowest BCUT2D eigenvalue weighted by atomic mass is 10.0. The van der Waals surface area contributed by atoms with Crippen LogP contribution >= 0.6 is 0 Å². The van der Waals surface area contributed by atoms with Crippen molar-refractivity contribution in [2.45, 2.75) is 186 Å². The predicted octanol–water partition coefficient (Wildman–Crippen LogP) is 9.32. The lowest BCUT2D eigenvalue weighted by Crippen LogP contribution is -2.37. The normalized spacial score (nSPS) is 17.1. The van der Waals surface area contributed by atoms with Crippen molar-refractivity contribution in [3.63, 3.8) is 0 Å². The van der Waals surface area contributed by atoms with Gasteiger partial charge in [0.25, 0.3) is 0 Å². The fraction of sp³-hybridized carbons (Fsp3) is 0.879. The quantitative estimate of drug-likeness (QED) is 0.0885. The Bertz CT molecular complexity index is 563. The molecule has 1 aliphatic rings. The van der Waals surface area contributed by atoms with Gasteiger partial charge in [0.15, 0.2) is 0 Å². The van der Waals surface area contributed by atoms with Crippen molar-refractivity contribution in [2.24, 2.45) is 0 Å². The third-order valence-corrected chi connectivity index (χ3v) is 7.98. The first-order valence-corrected chi connectivity index (χ1v) is 16.3. The summed E-state index contributed by atoms with van der Waals surface area (Å²) >= 11 is 0. The number of carbonyl (C=O) groups excluding carboxylic acids is 2. The summed E-state index contributed by atoms with van der Waals surface area (Å²) in [5.74, 6) is 0.379. The van der Waals surface area contributed by atoms with E-state index in [0.29, 0.717) is 12.8 Å². The molecular formula is C33H62N2O2. The molecule has 2 amide bonds. The van der Waals surface area contributed by atoms with Crippen LogP contribution in [0.5, 0.6) is 0 Å². The summed E-state index contributed by atoms with van der Waals surface area (Å²) < 4.78 is 0. The molecule has 0 aliphatic heterocycles. The molecule has 37 heavy (non-hydrogen) atoms. The summed E-state index contributed by atoms with van der Waals surface area (Å²) in [6, 6.07) is 0.468. The van der Waals surface area contributed by atoms with Gasteiger partial charge in [-0.15, -0.1) is 6.58 Å². The molecule has 0 aromatic rings. The highest BCUT2D eigenvalue weighted by atomic mass is 16.2. The first kappa shape index (κ1) is 33.7. The Morgan fingerprint density at radius 1 is 0.595 bits per heavy atom. The highest BCUT2D eigenvalue weighted by Gasteiger charge is 2.26. The Labute approximate surface area is 230 Å². The zero-order chi connectivity index (χ0) is 26.8. The molecule has 216 valence electrons. The largest absolute Gasteiger partial charge is 0.353 e. The first-order valence-electron chi connectivity index (χ1n) is 16.3. The predicted molar refractivity (Wildman–Crippen MR) is 160 cm³/mol. The Morgan fingerprint density at radius 2 is 0.946 bits per heavy atom. The number of unbranched alkanes of at least 4 members (excludes halogenated alkanes) is 19. The van der Waals surface area contributed by atoms with E-state index >= 15 is 0 Å². The second-order valence-electron chi connectivity index (χ2n) is 11.6. The van der Waals surface area contributed by atoms with E-state index in [4.69, 9.17) is 0 Å². The van der Waals surface area contributed by atoms with E-state index in [2.05, 4.69) is 24.1 Å². The number of carbonyl (C=O) groups is 2. The number of amides is 2. The maximum Gasteiger partial charge on any atom is 0.220 e. The smallest absolute Gasteiger partial charge is 0.220 e. The van der Waals surface area contributed by atoms with Gasteiger partial charge in [-0.25, -0.2) is 0 Å². The number of allylic oxidation sites excluding steroid dienone is 1. The van der Waals surface area contributed by atoms with Gasteiger partial charge in [-0.1, -0.05) is 122 Å². The van der Waals surface area contributed by atoms with Crippen LogP contribution in [-0.2, 0) is 9.59 Å². The van der Waals surface area contributed by atoms with E-state index in [9.17, 15) is 9.59 Å². The molecule has 0 heterocycles. The Morgan fingerprint density at radius 3 is 1.32 bits per heavy atom. The van der Waals surface area contributed by atoms with Crippen molar-refractivity contribution < 1.29 is 9.59 Å². The Hall–Kier alpha value is -1.32. The first-order chi connectivity index (χ1) is 18.2. The van der Waals surface area contributed by atoms with Gasteiger partial charge in [0.05, 0.1) is 0 Å². The van der Waals surface area contributed by atoms with Gasteiger partial charge in [0.1, 0.15) is 0 Å². The standard InChI is InChI=1S/C33H62N2O2/c1-3-5-7-9-11-12-13-14-15-16-17-18-20-22-24-26-33(37)35-31-28-27-30(29-31)34-32(36)25-23-21-19-10-8-6-4-2/h4,30-31H,2-3,5-29H2,1H3,(H,34,36)(H,35,37)/t30-,31+/m0/s1. The van der Waals surface area contributed by atoms with E-state index in [1.807, 2.05) is 6.08 Å². The van der Waals surface area contributed by atoms with Crippen molar-refractivity contribution >= 4 is 11.8 Å². The Kier molecular flexibility index (Phi) is 22.8. The van der Waals surface area contributed by atoms with Crippen LogP contribution in [-0.4, -0.2) is 23.9 Å². The molecular weight excluding hydrogens is 456 g/mol. The van der Waals surface area contributed by atoms with Gasteiger partial charge in [0.2, 0.25) is 11.8 Å². The zero-order valence-corrected chi connectivity index (χ0v) is 24.6. The monoisotopic (exact) mass is 518 g/mol. The number of rotatable bonds is 26. The fourth-order valence-corrected chi connectivity index (χ4v) is 5.60. The topological polar surface area (TPSA) is 58.2 Å². The molecule has 1 rings (SSSR count). The fourth-order valence-electron chi connectivity index (χ4n) is 5.60. The summed E-state index contributed by atoms with van der Waals surface area (Å²) in [4.78, 5) is 24.5. The minimum absolute atomic E-state index is 0.181. The van der Waals surface area contributed by atoms with Gasteiger partial charge < -0.3 is 10.6 Å². The summed E-state index contributed by atoms with van der Waals surface area (Å²) in [5, 5.41) is 6.40. The lowest BCUT2D eigenvalue weighted by Gasteiger charge is -2.15. The van der Waals surface area contributed by atoms with Crippen molar-refractivity contribution in [1.82, 2.24) is 10.6 Å². The Balaban J connectivity index is 1.88. The SMILES string of the molecule is C=CCCCCCCCC(=O)N[C@H]1CC[C@@H](NC(=O)CCCCCCCCCCCCCCCCC)C1. The molecule has 4 nitrogen and oxygen atoms in total. The summed E-state index contributed by atoms with van der Waals surface area (Å²) in [6.45, 7) is 6.04. The molecule has 1 fully saturated rings. The second-order valence-corrected chi connectivity index (χ2v) is 11.6. The second kappa shape index (κ2) is 25.0. The summed E-state index contributed by atoms with van der Waals surface area (Å²) in [5.41, 5.74) is 0. The highest BCUT2D eigenvalue weighted by Crippen LogP contribution is 2.20. The molecule has 0 radical (unpaired) electrons. The van der Waals surface area contributed by atoms with Crippen LogP contribution < -0.4 is 10.6 Å². The summed E-state index contributed by atoms with van der Waals surface area (Å²) in [7, 11) is 0. The van der Waals surface area contributed by atoms with Crippen LogP contribution in [0.3, 0.4) is 0 Å². The molecule has 0 aromatic carbocycles. The van der Waals surface area contributed by atoms with Crippen molar-refractivity contribution in [3.05, 3.63) is 12.7 Å². The van der Waals surface area contributed by atoms with Crippen molar-refractivity contribution in [1.29, 1.82) is 0 Å². The van der Waals surface area contributed by atoms with Crippen LogP contribution in [0, 0.1) is 0 Å². The molecule has 2 N–H and O–H groups in total. The van der Waals surface area contributed by atoms with Crippen molar-refractivity contribution in [2.75, 3.05) is 0 Å². The maximum absolute atomic E-state index is 12.3. The minimum Gasteiger partial charge on any atom is -0.353 e. The maximum atomic E-state index is 12.3. The number of nitrogens with one attached hydrogen (secondary N) is 2. The number of hydrogen-bond donors (Lipinski definition) is 2. The highest BCUT2D eigenvalue weighted by molar-refractivity contribution is 5.77. The van der Waals surface area contributed by atoms with Crippen molar-refractivity contribution in [3.8, 4) is 0 Å². The third-order valence-electron chi connectivity index (χ3n) is 7.98. The van der Waals surface area contributed by atoms with E-state index in [1.54, 1.807) is 0 Å². The van der Waals surface area contributed by atoms with Gasteiger partial charge in [-0.05, 0) is 44.9 Å². The molecule has 0 spiro atoms. The molecule has 0 bridgehead atoms. The van der Waals surface area contributed by atoms with E-state index in [0.717, 1.165) is 44.9 Å². The zero-order valence-electron chi connectivity index (χ0n) is 24.6. The molecule has 0 aromatic heterocycles. The van der Waals surface area contributed by atoms with Gasteiger partial charge in [-0.3, -0.25) is 9.59 Å². The molecule has 1 saturated carbocycles. The van der Waals surface area contributed by atoms with E-state index in [1.165, 1.54) is 109 Å².